The van der Waals surface area contributed by atoms with Crippen LogP contribution in [-0.4, -0.2) is 23.6 Å². The van der Waals surface area contributed by atoms with Crippen molar-refractivity contribution in [2.45, 2.75) is 26.8 Å². The predicted molar refractivity (Wildman–Crippen MR) is 65.8 cm³/mol. The Hall–Kier alpha value is -1.78. The lowest BCUT2D eigenvalue weighted by atomic mass is 10.4. The van der Waals surface area contributed by atoms with Gasteiger partial charge in [-0.3, -0.25) is 4.99 Å². The molecule has 1 heterocycles. The van der Waals surface area contributed by atoms with E-state index < -0.39 is 0 Å². The van der Waals surface area contributed by atoms with Gasteiger partial charge in [-0.25, -0.2) is 4.98 Å². The Labute approximate surface area is 95.7 Å². The molecule has 0 amide bonds. The number of ether oxygens (including phenoxy) is 1. The lowest BCUT2D eigenvalue weighted by Gasteiger charge is -2.07. The van der Waals surface area contributed by atoms with Gasteiger partial charge < -0.3 is 15.8 Å². The van der Waals surface area contributed by atoms with Crippen LogP contribution in [0.4, 0.5) is 5.69 Å². The van der Waals surface area contributed by atoms with Crippen molar-refractivity contribution in [1.82, 2.24) is 4.98 Å². The first-order chi connectivity index (χ1) is 7.61. The summed E-state index contributed by atoms with van der Waals surface area (Å²) in [5.41, 5.74) is 6.48. The van der Waals surface area contributed by atoms with Crippen LogP contribution >= 0.6 is 0 Å². The summed E-state index contributed by atoms with van der Waals surface area (Å²) in [4.78, 5) is 8.26. The summed E-state index contributed by atoms with van der Waals surface area (Å²) in [6.07, 6.45) is 1.66. The van der Waals surface area contributed by atoms with Gasteiger partial charge in [0.05, 0.1) is 18.5 Å². The summed E-state index contributed by atoms with van der Waals surface area (Å²) in [6.45, 7) is 6.45. The Morgan fingerprint density at radius 3 is 2.81 bits per heavy atom. The third-order valence-electron chi connectivity index (χ3n) is 1.70. The number of pyridine rings is 1. The Kier molecular flexibility index (Phi) is 4.57. The molecule has 0 spiro atoms. The SMILES string of the molecule is CCOc1ccc(NC(N)=NC(C)C)cn1. The summed E-state index contributed by atoms with van der Waals surface area (Å²) >= 11 is 0. The molecule has 0 radical (unpaired) electrons. The van der Waals surface area contributed by atoms with Crippen LogP contribution < -0.4 is 15.8 Å². The second kappa shape index (κ2) is 5.95. The number of hydrogen-bond donors (Lipinski definition) is 2. The maximum absolute atomic E-state index is 5.68. The van der Waals surface area contributed by atoms with Gasteiger partial charge in [-0.1, -0.05) is 0 Å². The summed E-state index contributed by atoms with van der Waals surface area (Å²) in [6, 6.07) is 3.80. The highest BCUT2D eigenvalue weighted by Gasteiger charge is 1.98. The molecule has 0 saturated carbocycles. The standard InChI is InChI=1S/C11H18N4O/c1-4-16-10-6-5-9(7-13-10)15-11(12)14-8(2)3/h5-8H,4H2,1-3H3,(H3,12,14,15). The zero-order chi connectivity index (χ0) is 12.0. The summed E-state index contributed by atoms with van der Waals surface area (Å²) in [5.74, 6) is 0.994. The molecule has 16 heavy (non-hydrogen) atoms. The van der Waals surface area contributed by atoms with E-state index >= 15 is 0 Å². The smallest absolute Gasteiger partial charge is 0.213 e. The number of rotatable bonds is 4. The van der Waals surface area contributed by atoms with Gasteiger partial charge in [0.15, 0.2) is 5.96 Å². The predicted octanol–water partition coefficient (Wildman–Crippen LogP) is 1.62. The van der Waals surface area contributed by atoms with E-state index in [2.05, 4.69) is 15.3 Å². The second-order valence-corrected chi connectivity index (χ2v) is 3.55. The molecule has 1 aromatic heterocycles. The number of nitrogens with two attached hydrogens (primary N) is 1. The van der Waals surface area contributed by atoms with Crippen LogP contribution in [0.3, 0.4) is 0 Å². The first-order valence-corrected chi connectivity index (χ1v) is 5.31. The minimum atomic E-state index is 0.170. The largest absolute Gasteiger partial charge is 0.478 e. The first-order valence-electron chi connectivity index (χ1n) is 5.31. The van der Waals surface area contributed by atoms with Crippen LogP contribution in [-0.2, 0) is 0 Å². The van der Waals surface area contributed by atoms with Crippen molar-refractivity contribution in [2.24, 2.45) is 10.7 Å². The van der Waals surface area contributed by atoms with Crippen molar-refractivity contribution >= 4 is 11.6 Å². The Morgan fingerprint density at radius 2 is 2.31 bits per heavy atom. The third kappa shape index (κ3) is 4.16. The number of aliphatic imine (C=N–C) groups is 1. The number of nitrogens with zero attached hydrogens (tertiary/aromatic N) is 2. The molecule has 1 aromatic rings. The van der Waals surface area contributed by atoms with Crippen molar-refractivity contribution in [1.29, 1.82) is 0 Å². The minimum Gasteiger partial charge on any atom is -0.478 e. The van der Waals surface area contributed by atoms with Crippen LogP contribution in [0.25, 0.3) is 0 Å². The average molecular weight is 222 g/mol. The molecule has 1 rings (SSSR count). The van der Waals surface area contributed by atoms with Gasteiger partial charge in [0.25, 0.3) is 0 Å². The zero-order valence-electron chi connectivity index (χ0n) is 9.90. The molecule has 0 aromatic carbocycles. The van der Waals surface area contributed by atoms with Crippen molar-refractivity contribution in [3.63, 3.8) is 0 Å². The van der Waals surface area contributed by atoms with Crippen molar-refractivity contribution < 1.29 is 4.74 Å². The summed E-state index contributed by atoms with van der Waals surface area (Å²) in [7, 11) is 0. The Bertz CT molecular complexity index is 346. The highest BCUT2D eigenvalue weighted by atomic mass is 16.5. The van der Waals surface area contributed by atoms with Crippen LogP contribution in [0, 0.1) is 0 Å². The third-order valence-corrected chi connectivity index (χ3v) is 1.70. The molecule has 0 aliphatic rings. The average Bonchev–Trinajstić information content (AvgIpc) is 2.20. The molecule has 0 aliphatic heterocycles. The maximum Gasteiger partial charge on any atom is 0.213 e. The van der Waals surface area contributed by atoms with E-state index in [4.69, 9.17) is 10.5 Å². The molecule has 0 aliphatic carbocycles. The molecular weight excluding hydrogens is 204 g/mol. The highest BCUT2D eigenvalue weighted by molar-refractivity contribution is 5.92. The van der Waals surface area contributed by atoms with Gasteiger partial charge >= 0.3 is 0 Å². The van der Waals surface area contributed by atoms with E-state index in [-0.39, 0.29) is 6.04 Å². The quantitative estimate of drug-likeness (QED) is 0.599. The van der Waals surface area contributed by atoms with Gasteiger partial charge in [0.1, 0.15) is 0 Å². The second-order valence-electron chi connectivity index (χ2n) is 3.55. The van der Waals surface area contributed by atoms with Crippen molar-refractivity contribution in [3.05, 3.63) is 18.3 Å². The Balaban J connectivity index is 2.61. The normalized spacial score (nSPS) is 11.6. The van der Waals surface area contributed by atoms with E-state index in [0.29, 0.717) is 18.4 Å². The number of hydrogen-bond acceptors (Lipinski definition) is 3. The lowest BCUT2D eigenvalue weighted by molar-refractivity contribution is 0.327. The van der Waals surface area contributed by atoms with Gasteiger partial charge in [-0.2, -0.15) is 0 Å². The Morgan fingerprint density at radius 1 is 1.56 bits per heavy atom. The fourth-order valence-electron chi connectivity index (χ4n) is 1.15. The molecule has 3 N–H and O–H groups in total. The fraction of sp³-hybridized carbons (Fsp3) is 0.455. The minimum absolute atomic E-state index is 0.170. The number of nitrogens with one attached hydrogen (secondary N) is 1. The van der Waals surface area contributed by atoms with Gasteiger partial charge in [0.2, 0.25) is 5.88 Å². The van der Waals surface area contributed by atoms with E-state index in [9.17, 15) is 0 Å². The van der Waals surface area contributed by atoms with Gasteiger partial charge in [-0.05, 0) is 26.8 Å². The molecule has 88 valence electrons. The monoisotopic (exact) mass is 222 g/mol. The van der Waals surface area contributed by atoms with Crippen LogP contribution in [0.5, 0.6) is 5.88 Å². The zero-order valence-corrected chi connectivity index (χ0v) is 9.90. The lowest BCUT2D eigenvalue weighted by Crippen LogP contribution is -2.24. The van der Waals surface area contributed by atoms with Crippen molar-refractivity contribution in [3.8, 4) is 5.88 Å². The van der Waals surface area contributed by atoms with Crippen LogP contribution in [0.2, 0.25) is 0 Å². The first kappa shape index (κ1) is 12.3. The molecule has 0 saturated heterocycles. The molecule has 0 unspecified atom stereocenters. The maximum atomic E-state index is 5.68. The van der Waals surface area contributed by atoms with Crippen molar-refractivity contribution in [2.75, 3.05) is 11.9 Å². The van der Waals surface area contributed by atoms with E-state index in [1.165, 1.54) is 0 Å². The van der Waals surface area contributed by atoms with Gasteiger partial charge in [-0.15, -0.1) is 0 Å². The number of guanidine groups is 1. The molecule has 0 bridgehead atoms. The van der Waals surface area contributed by atoms with Gasteiger partial charge in [0, 0.05) is 12.1 Å². The molecule has 0 fully saturated rings. The summed E-state index contributed by atoms with van der Waals surface area (Å²) < 4.78 is 5.23. The van der Waals surface area contributed by atoms with E-state index in [0.717, 1.165) is 5.69 Å². The fourth-order valence-corrected chi connectivity index (χ4v) is 1.15. The number of aromatic nitrogens is 1. The topological polar surface area (TPSA) is 72.5 Å². The van der Waals surface area contributed by atoms with Crippen LogP contribution in [0.1, 0.15) is 20.8 Å². The highest BCUT2D eigenvalue weighted by Crippen LogP contribution is 2.11. The van der Waals surface area contributed by atoms with E-state index in [1.807, 2.05) is 26.8 Å². The molecule has 0 atom stereocenters. The molecular formula is C11H18N4O. The molecule has 5 heteroatoms. The van der Waals surface area contributed by atoms with E-state index in [1.54, 1.807) is 12.3 Å². The van der Waals surface area contributed by atoms with Crippen LogP contribution in [0.15, 0.2) is 23.3 Å². The number of anilines is 1. The molecule has 5 nitrogen and oxygen atoms in total. The summed E-state index contributed by atoms with van der Waals surface area (Å²) in [5, 5.41) is 2.95.